The molecule has 2 aromatic carbocycles. The SMILES string of the molecule is O=C(OC[C@H]1O[C@@H](O)[C@@H](O)[C@H]1OC(=O)c1ccccc1)c1ccccc1. The van der Waals surface area contributed by atoms with Crippen molar-refractivity contribution in [3.05, 3.63) is 71.8 Å². The Hall–Kier alpha value is -2.74. The highest BCUT2D eigenvalue weighted by molar-refractivity contribution is 5.90. The second-order valence-corrected chi connectivity index (χ2v) is 5.76. The molecule has 0 bridgehead atoms. The molecule has 1 aliphatic rings. The predicted molar refractivity (Wildman–Crippen MR) is 89.3 cm³/mol. The maximum atomic E-state index is 12.2. The van der Waals surface area contributed by atoms with Crippen molar-refractivity contribution in [2.75, 3.05) is 6.61 Å². The molecule has 7 nitrogen and oxygen atoms in total. The smallest absolute Gasteiger partial charge is 0.338 e. The van der Waals surface area contributed by atoms with Crippen LogP contribution in [-0.2, 0) is 14.2 Å². The normalized spacial score (nSPS) is 24.8. The Bertz CT molecular complexity index is 747. The minimum Gasteiger partial charge on any atom is -0.459 e. The number of hydrogen-bond acceptors (Lipinski definition) is 7. The zero-order valence-electron chi connectivity index (χ0n) is 13.7. The Labute approximate surface area is 149 Å². The molecule has 0 saturated carbocycles. The summed E-state index contributed by atoms with van der Waals surface area (Å²) < 4.78 is 15.6. The summed E-state index contributed by atoms with van der Waals surface area (Å²) in [5, 5.41) is 19.7. The van der Waals surface area contributed by atoms with E-state index in [-0.39, 0.29) is 6.61 Å². The van der Waals surface area contributed by atoms with Crippen LogP contribution >= 0.6 is 0 Å². The predicted octanol–water partition coefficient (Wildman–Crippen LogP) is 1.15. The van der Waals surface area contributed by atoms with E-state index in [0.29, 0.717) is 11.1 Å². The van der Waals surface area contributed by atoms with Crippen LogP contribution in [0.1, 0.15) is 20.7 Å². The number of carbonyl (C=O) groups excluding carboxylic acids is 2. The van der Waals surface area contributed by atoms with Gasteiger partial charge in [-0.2, -0.15) is 0 Å². The third-order valence-corrected chi connectivity index (χ3v) is 3.95. The van der Waals surface area contributed by atoms with E-state index in [1.54, 1.807) is 60.7 Å². The summed E-state index contributed by atoms with van der Waals surface area (Å²) in [7, 11) is 0. The fraction of sp³-hybridized carbons (Fsp3) is 0.263. The van der Waals surface area contributed by atoms with Crippen molar-refractivity contribution in [3.63, 3.8) is 0 Å². The van der Waals surface area contributed by atoms with E-state index in [0.717, 1.165) is 0 Å². The van der Waals surface area contributed by atoms with E-state index in [1.807, 2.05) is 0 Å². The molecule has 2 N–H and O–H groups in total. The monoisotopic (exact) mass is 358 g/mol. The molecule has 1 aliphatic heterocycles. The minimum absolute atomic E-state index is 0.283. The lowest BCUT2D eigenvalue weighted by Gasteiger charge is -2.20. The molecule has 0 radical (unpaired) electrons. The molecular formula is C19H18O7. The van der Waals surface area contributed by atoms with Crippen LogP contribution in [0.15, 0.2) is 60.7 Å². The van der Waals surface area contributed by atoms with Gasteiger partial charge in [-0.15, -0.1) is 0 Å². The molecular weight excluding hydrogens is 340 g/mol. The first-order valence-electron chi connectivity index (χ1n) is 8.06. The van der Waals surface area contributed by atoms with Gasteiger partial charge in [0.1, 0.15) is 18.8 Å². The second kappa shape index (κ2) is 8.09. The number of aliphatic hydroxyl groups is 2. The van der Waals surface area contributed by atoms with Gasteiger partial charge in [-0.1, -0.05) is 36.4 Å². The molecule has 2 aromatic rings. The zero-order chi connectivity index (χ0) is 18.5. The molecule has 1 fully saturated rings. The standard InChI is InChI=1S/C19H18O7/c20-15-16(26-18(22)13-9-5-2-6-10-13)14(25-19(15)23)11-24-17(21)12-7-3-1-4-8-12/h1-10,14-16,19-20,23H,11H2/t14-,15+,16+,19-/m1/s1. The summed E-state index contributed by atoms with van der Waals surface area (Å²) in [6, 6.07) is 16.6. The van der Waals surface area contributed by atoms with Gasteiger partial charge in [0.15, 0.2) is 12.4 Å². The van der Waals surface area contributed by atoms with Gasteiger partial charge in [-0.25, -0.2) is 9.59 Å². The van der Waals surface area contributed by atoms with E-state index < -0.39 is 36.5 Å². The number of carbonyl (C=O) groups is 2. The minimum atomic E-state index is -1.54. The number of rotatable bonds is 5. The highest BCUT2D eigenvalue weighted by atomic mass is 16.7. The fourth-order valence-electron chi connectivity index (χ4n) is 2.58. The molecule has 4 atom stereocenters. The number of hydrogen-bond donors (Lipinski definition) is 2. The van der Waals surface area contributed by atoms with E-state index in [4.69, 9.17) is 14.2 Å². The maximum Gasteiger partial charge on any atom is 0.338 e. The van der Waals surface area contributed by atoms with E-state index in [1.165, 1.54) is 0 Å². The molecule has 26 heavy (non-hydrogen) atoms. The van der Waals surface area contributed by atoms with Crippen LogP contribution < -0.4 is 0 Å². The van der Waals surface area contributed by atoms with Crippen molar-refractivity contribution < 1.29 is 34.0 Å². The van der Waals surface area contributed by atoms with Gasteiger partial charge in [-0.05, 0) is 24.3 Å². The summed E-state index contributed by atoms with van der Waals surface area (Å²) in [6.45, 7) is -0.283. The number of aliphatic hydroxyl groups excluding tert-OH is 2. The van der Waals surface area contributed by atoms with E-state index in [2.05, 4.69) is 0 Å². The molecule has 0 unspecified atom stereocenters. The lowest BCUT2D eigenvalue weighted by atomic mass is 10.1. The van der Waals surface area contributed by atoms with Crippen molar-refractivity contribution in [2.45, 2.75) is 24.6 Å². The molecule has 0 aromatic heterocycles. The summed E-state index contributed by atoms with van der Waals surface area (Å²) >= 11 is 0. The first-order valence-corrected chi connectivity index (χ1v) is 8.06. The third kappa shape index (κ3) is 4.08. The molecule has 136 valence electrons. The van der Waals surface area contributed by atoms with Gasteiger partial charge < -0.3 is 24.4 Å². The highest BCUT2D eigenvalue weighted by Gasteiger charge is 2.46. The summed E-state index contributed by atoms with van der Waals surface area (Å²) in [4.78, 5) is 24.2. The molecule has 0 amide bonds. The Morgan fingerprint density at radius 3 is 2.00 bits per heavy atom. The van der Waals surface area contributed by atoms with E-state index in [9.17, 15) is 19.8 Å². The molecule has 0 spiro atoms. The Kier molecular flexibility index (Phi) is 5.62. The summed E-state index contributed by atoms with van der Waals surface area (Å²) in [6.07, 6.45) is -5.13. The van der Waals surface area contributed by atoms with Crippen molar-refractivity contribution in [1.82, 2.24) is 0 Å². The van der Waals surface area contributed by atoms with Gasteiger partial charge >= 0.3 is 11.9 Å². The zero-order valence-corrected chi connectivity index (χ0v) is 13.7. The van der Waals surface area contributed by atoms with Gasteiger partial charge in [0, 0.05) is 0 Å². The number of esters is 2. The Morgan fingerprint density at radius 1 is 0.885 bits per heavy atom. The summed E-state index contributed by atoms with van der Waals surface area (Å²) in [5.74, 6) is -1.26. The molecule has 1 heterocycles. The van der Waals surface area contributed by atoms with Gasteiger partial charge in [0.05, 0.1) is 11.1 Å². The Balaban J connectivity index is 1.63. The molecule has 1 saturated heterocycles. The van der Waals surface area contributed by atoms with Crippen LogP contribution in [0.4, 0.5) is 0 Å². The van der Waals surface area contributed by atoms with Gasteiger partial charge in [0.2, 0.25) is 0 Å². The third-order valence-electron chi connectivity index (χ3n) is 3.95. The molecule has 0 aliphatic carbocycles. The highest BCUT2D eigenvalue weighted by Crippen LogP contribution is 2.24. The first-order chi connectivity index (χ1) is 12.6. The van der Waals surface area contributed by atoms with Crippen molar-refractivity contribution in [1.29, 1.82) is 0 Å². The number of benzene rings is 2. The molecule has 3 rings (SSSR count). The van der Waals surface area contributed by atoms with Crippen LogP contribution in [0.5, 0.6) is 0 Å². The summed E-state index contributed by atoms with van der Waals surface area (Å²) in [5.41, 5.74) is 0.644. The Morgan fingerprint density at radius 2 is 1.42 bits per heavy atom. The van der Waals surface area contributed by atoms with Crippen molar-refractivity contribution in [2.24, 2.45) is 0 Å². The number of ether oxygens (including phenoxy) is 3. The fourth-order valence-corrected chi connectivity index (χ4v) is 2.58. The quantitative estimate of drug-likeness (QED) is 0.773. The average Bonchev–Trinajstić information content (AvgIpc) is 2.95. The second-order valence-electron chi connectivity index (χ2n) is 5.76. The van der Waals surface area contributed by atoms with Crippen LogP contribution in [0, 0.1) is 0 Å². The van der Waals surface area contributed by atoms with Crippen LogP contribution in [0.3, 0.4) is 0 Å². The first kappa shape index (κ1) is 18.1. The van der Waals surface area contributed by atoms with Gasteiger partial charge in [-0.3, -0.25) is 0 Å². The average molecular weight is 358 g/mol. The molecule has 7 heteroatoms. The lowest BCUT2D eigenvalue weighted by Crippen LogP contribution is -2.39. The largest absolute Gasteiger partial charge is 0.459 e. The van der Waals surface area contributed by atoms with Crippen LogP contribution in [0.2, 0.25) is 0 Å². The topological polar surface area (TPSA) is 102 Å². The van der Waals surface area contributed by atoms with E-state index >= 15 is 0 Å². The van der Waals surface area contributed by atoms with Crippen molar-refractivity contribution in [3.8, 4) is 0 Å². The lowest BCUT2D eigenvalue weighted by molar-refractivity contribution is -0.133. The van der Waals surface area contributed by atoms with Crippen molar-refractivity contribution >= 4 is 11.9 Å². The van der Waals surface area contributed by atoms with Gasteiger partial charge in [0.25, 0.3) is 0 Å². The van der Waals surface area contributed by atoms with Crippen LogP contribution in [0.25, 0.3) is 0 Å². The van der Waals surface area contributed by atoms with Crippen LogP contribution in [-0.4, -0.2) is 53.4 Å². The maximum absolute atomic E-state index is 12.2.